The molecule has 110 valence electrons. The second kappa shape index (κ2) is 9.57. The highest BCUT2D eigenvalue weighted by Gasteiger charge is 2.08. The number of aliphatic carboxylic acids is 1. The maximum Gasteiger partial charge on any atom is 0.314 e. The molecule has 0 unspecified atom stereocenters. The normalized spacial score (nSPS) is 16.0. The molecule has 2 amide bonds. The largest absolute Gasteiger partial charge is 0.481 e. The topological polar surface area (TPSA) is 93.7 Å². The molecule has 0 aromatic rings. The summed E-state index contributed by atoms with van der Waals surface area (Å²) >= 11 is 0. The number of carbonyl (C=O) groups is 2. The standard InChI is InChI=1S/C12H24N4O3/c17-11(18)3-1-4-14-12(19)15-5-2-8-16-9-6-13-7-10-16/h13H,1-10H2,(H,17,18)(H2,14,15,19). The molecular formula is C12H24N4O3. The predicted octanol–water partition coefficient (Wildman–Crippen LogP) is -0.554. The number of carbonyl (C=O) groups excluding carboxylic acids is 1. The molecule has 0 radical (unpaired) electrons. The van der Waals surface area contributed by atoms with E-state index >= 15 is 0 Å². The van der Waals surface area contributed by atoms with Crippen molar-refractivity contribution in [1.29, 1.82) is 0 Å². The molecule has 0 spiro atoms. The van der Waals surface area contributed by atoms with Gasteiger partial charge in [-0.3, -0.25) is 4.79 Å². The zero-order chi connectivity index (χ0) is 13.9. The summed E-state index contributed by atoms with van der Waals surface area (Å²) in [5.41, 5.74) is 0. The van der Waals surface area contributed by atoms with Gasteiger partial charge in [-0.05, 0) is 19.4 Å². The van der Waals surface area contributed by atoms with Gasteiger partial charge < -0.3 is 26.0 Å². The van der Waals surface area contributed by atoms with Crippen molar-refractivity contribution in [3.63, 3.8) is 0 Å². The van der Waals surface area contributed by atoms with Crippen molar-refractivity contribution < 1.29 is 14.7 Å². The number of nitrogens with zero attached hydrogens (tertiary/aromatic N) is 1. The van der Waals surface area contributed by atoms with Crippen molar-refractivity contribution in [1.82, 2.24) is 20.9 Å². The van der Waals surface area contributed by atoms with E-state index in [0.717, 1.165) is 39.1 Å². The Morgan fingerprint density at radius 1 is 1.11 bits per heavy atom. The van der Waals surface area contributed by atoms with Gasteiger partial charge in [0.15, 0.2) is 0 Å². The van der Waals surface area contributed by atoms with Crippen LogP contribution >= 0.6 is 0 Å². The van der Waals surface area contributed by atoms with Crippen LogP contribution in [0.5, 0.6) is 0 Å². The Morgan fingerprint density at radius 2 is 1.74 bits per heavy atom. The SMILES string of the molecule is O=C(O)CCCNC(=O)NCCCN1CCNCC1. The third kappa shape index (κ3) is 8.39. The highest BCUT2D eigenvalue weighted by atomic mass is 16.4. The first kappa shape index (κ1) is 15.7. The second-order valence-electron chi connectivity index (χ2n) is 4.63. The molecule has 0 aromatic carbocycles. The number of piperazine rings is 1. The van der Waals surface area contributed by atoms with E-state index in [1.807, 2.05) is 0 Å². The van der Waals surface area contributed by atoms with Crippen molar-refractivity contribution in [2.45, 2.75) is 19.3 Å². The molecule has 19 heavy (non-hydrogen) atoms. The van der Waals surface area contributed by atoms with Crippen molar-refractivity contribution >= 4 is 12.0 Å². The summed E-state index contributed by atoms with van der Waals surface area (Å²) in [6.07, 6.45) is 1.48. The molecule has 0 saturated carbocycles. The maximum atomic E-state index is 11.3. The van der Waals surface area contributed by atoms with Crippen molar-refractivity contribution in [3.8, 4) is 0 Å². The van der Waals surface area contributed by atoms with Gasteiger partial charge in [0, 0.05) is 45.7 Å². The Bertz CT molecular complexity index is 280. The summed E-state index contributed by atoms with van der Waals surface area (Å²) in [5, 5.41) is 17.1. The molecule has 7 heteroatoms. The van der Waals surface area contributed by atoms with Crippen LogP contribution in [0.15, 0.2) is 0 Å². The summed E-state index contributed by atoms with van der Waals surface area (Å²) in [5.74, 6) is -0.835. The number of nitrogens with one attached hydrogen (secondary N) is 3. The fraction of sp³-hybridized carbons (Fsp3) is 0.833. The first-order valence-electron chi connectivity index (χ1n) is 6.85. The molecule has 1 aliphatic heterocycles. The number of urea groups is 1. The molecule has 1 saturated heterocycles. The Kier molecular flexibility index (Phi) is 7.92. The van der Waals surface area contributed by atoms with Crippen LogP contribution in [0.3, 0.4) is 0 Å². The van der Waals surface area contributed by atoms with Crippen molar-refractivity contribution in [3.05, 3.63) is 0 Å². The molecule has 1 fully saturated rings. The van der Waals surface area contributed by atoms with Crippen LogP contribution in [0.25, 0.3) is 0 Å². The lowest BCUT2D eigenvalue weighted by atomic mass is 10.3. The highest BCUT2D eigenvalue weighted by molar-refractivity contribution is 5.73. The van der Waals surface area contributed by atoms with Crippen LogP contribution in [-0.2, 0) is 4.79 Å². The van der Waals surface area contributed by atoms with E-state index in [2.05, 4.69) is 20.9 Å². The zero-order valence-electron chi connectivity index (χ0n) is 11.3. The van der Waals surface area contributed by atoms with Gasteiger partial charge in [0.25, 0.3) is 0 Å². The minimum atomic E-state index is -0.835. The molecule has 0 bridgehead atoms. The lowest BCUT2D eigenvalue weighted by Gasteiger charge is -2.27. The summed E-state index contributed by atoms with van der Waals surface area (Å²) < 4.78 is 0. The van der Waals surface area contributed by atoms with E-state index in [1.54, 1.807) is 0 Å². The van der Waals surface area contributed by atoms with Crippen LogP contribution in [0.2, 0.25) is 0 Å². The molecule has 1 aliphatic rings. The van der Waals surface area contributed by atoms with E-state index in [9.17, 15) is 9.59 Å². The van der Waals surface area contributed by atoms with Gasteiger partial charge in [0.05, 0.1) is 0 Å². The van der Waals surface area contributed by atoms with Gasteiger partial charge >= 0.3 is 12.0 Å². The number of amides is 2. The molecular weight excluding hydrogens is 248 g/mol. The van der Waals surface area contributed by atoms with Crippen LogP contribution < -0.4 is 16.0 Å². The van der Waals surface area contributed by atoms with Crippen LogP contribution in [0.4, 0.5) is 4.79 Å². The minimum Gasteiger partial charge on any atom is -0.481 e. The average Bonchev–Trinajstić information content (AvgIpc) is 2.41. The molecule has 0 aromatic heterocycles. The Balaban J connectivity index is 1.90. The molecule has 4 N–H and O–H groups in total. The third-order valence-corrected chi connectivity index (χ3v) is 3.00. The molecule has 7 nitrogen and oxygen atoms in total. The van der Waals surface area contributed by atoms with Gasteiger partial charge in [-0.1, -0.05) is 0 Å². The van der Waals surface area contributed by atoms with Crippen LogP contribution in [-0.4, -0.2) is 67.8 Å². The number of hydrogen-bond acceptors (Lipinski definition) is 4. The Morgan fingerprint density at radius 3 is 2.37 bits per heavy atom. The van der Waals surface area contributed by atoms with Gasteiger partial charge in [0.2, 0.25) is 0 Å². The molecule has 0 aliphatic carbocycles. The number of carboxylic acid groups (broad SMARTS) is 1. The lowest BCUT2D eigenvalue weighted by Crippen LogP contribution is -2.44. The van der Waals surface area contributed by atoms with Gasteiger partial charge in [-0.2, -0.15) is 0 Å². The first-order chi connectivity index (χ1) is 9.18. The lowest BCUT2D eigenvalue weighted by molar-refractivity contribution is -0.137. The number of rotatable bonds is 8. The van der Waals surface area contributed by atoms with Gasteiger partial charge in [-0.25, -0.2) is 4.79 Å². The van der Waals surface area contributed by atoms with Crippen LogP contribution in [0, 0.1) is 0 Å². The Labute approximate surface area is 113 Å². The smallest absolute Gasteiger partial charge is 0.314 e. The molecule has 1 rings (SSSR count). The Hall–Kier alpha value is -1.34. The van der Waals surface area contributed by atoms with E-state index in [1.165, 1.54) is 0 Å². The number of carboxylic acids is 1. The van der Waals surface area contributed by atoms with E-state index in [0.29, 0.717) is 19.5 Å². The quantitative estimate of drug-likeness (QED) is 0.445. The van der Waals surface area contributed by atoms with Crippen molar-refractivity contribution in [2.24, 2.45) is 0 Å². The summed E-state index contributed by atoms with van der Waals surface area (Å²) in [6.45, 7) is 6.27. The third-order valence-electron chi connectivity index (χ3n) is 3.00. The summed E-state index contributed by atoms with van der Waals surface area (Å²) in [6, 6.07) is -0.217. The van der Waals surface area contributed by atoms with Crippen molar-refractivity contribution in [2.75, 3.05) is 45.8 Å². The van der Waals surface area contributed by atoms with Crippen LogP contribution in [0.1, 0.15) is 19.3 Å². The number of hydrogen-bond donors (Lipinski definition) is 4. The predicted molar refractivity (Wildman–Crippen MR) is 72.2 cm³/mol. The van der Waals surface area contributed by atoms with E-state index in [-0.39, 0.29) is 12.5 Å². The minimum absolute atomic E-state index is 0.0866. The second-order valence-corrected chi connectivity index (χ2v) is 4.63. The average molecular weight is 272 g/mol. The fourth-order valence-electron chi connectivity index (χ4n) is 1.94. The molecule has 1 heterocycles. The summed E-state index contributed by atoms with van der Waals surface area (Å²) in [4.78, 5) is 24.0. The van der Waals surface area contributed by atoms with E-state index < -0.39 is 5.97 Å². The zero-order valence-corrected chi connectivity index (χ0v) is 11.3. The fourth-order valence-corrected chi connectivity index (χ4v) is 1.94. The first-order valence-corrected chi connectivity index (χ1v) is 6.85. The molecule has 0 atom stereocenters. The van der Waals surface area contributed by atoms with E-state index in [4.69, 9.17) is 5.11 Å². The van der Waals surface area contributed by atoms with Gasteiger partial charge in [-0.15, -0.1) is 0 Å². The summed E-state index contributed by atoms with van der Waals surface area (Å²) in [7, 11) is 0. The maximum absolute atomic E-state index is 11.3. The highest BCUT2D eigenvalue weighted by Crippen LogP contribution is 1.93. The monoisotopic (exact) mass is 272 g/mol. The van der Waals surface area contributed by atoms with Gasteiger partial charge in [0.1, 0.15) is 0 Å².